The van der Waals surface area contributed by atoms with Crippen LogP contribution in [0.3, 0.4) is 0 Å². The highest BCUT2D eigenvalue weighted by molar-refractivity contribution is 5.96. The second-order valence-electron chi connectivity index (χ2n) is 9.25. The van der Waals surface area contributed by atoms with Crippen LogP contribution in [0.15, 0.2) is 35.3 Å². The fraction of sp³-hybridized carbons (Fsp3) is 0.385. The largest absolute Gasteiger partial charge is 0.477 e. The SMILES string of the molecule is CC(C)C.O=C(O)c1cn(CCO)c2cc(N3CCC3)c(NCc3c(F)cc(F)cc3F)cc2c1=O. The molecule has 7 nitrogen and oxygen atoms in total. The first-order valence-electron chi connectivity index (χ1n) is 11.7. The van der Waals surface area contributed by atoms with Crippen molar-refractivity contribution in [3.05, 3.63) is 69.3 Å². The molecule has 4 rings (SSSR count). The maximum absolute atomic E-state index is 14.1. The zero-order valence-electron chi connectivity index (χ0n) is 20.4. The lowest BCUT2D eigenvalue weighted by Crippen LogP contribution is -2.37. The van der Waals surface area contributed by atoms with Crippen LogP contribution in [0.2, 0.25) is 0 Å². The molecule has 0 amide bonds. The zero-order chi connectivity index (χ0) is 26.6. The Hall–Kier alpha value is -3.53. The number of benzene rings is 2. The van der Waals surface area contributed by atoms with E-state index in [2.05, 4.69) is 26.1 Å². The van der Waals surface area contributed by atoms with E-state index < -0.39 is 34.4 Å². The van der Waals surface area contributed by atoms with Crippen molar-refractivity contribution >= 4 is 28.2 Å². The molecule has 36 heavy (non-hydrogen) atoms. The van der Waals surface area contributed by atoms with Gasteiger partial charge in [-0.3, -0.25) is 4.79 Å². The Bertz CT molecular complexity index is 1290. The van der Waals surface area contributed by atoms with Gasteiger partial charge in [0.2, 0.25) is 5.43 Å². The topological polar surface area (TPSA) is 94.8 Å². The van der Waals surface area contributed by atoms with Crippen LogP contribution in [0.1, 0.15) is 43.1 Å². The summed E-state index contributed by atoms with van der Waals surface area (Å²) >= 11 is 0. The number of hydrogen-bond donors (Lipinski definition) is 3. The zero-order valence-corrected chi connectivity index (χ0v) is 20.4. The third-order valence-corrected chi connectivity index (χ3v) is 5.53. The molecule has 3 aromatic rings. The molecule has 2 aromatic carbocycles. The predicted molar refractivity (Wildman–Crippen MR) is 133 cm³/mol. The molecule has 0 saturated carbocycles. The summed E-state index contributed by atoms with van der Waals surface area (Å²) in [7, 11) is 0. The molecular formula is C26H30F3N3O4. The number of nitrogens with one attached hydrogen (secondary N) is 1. The average Bonchev–Trinajstić information content (AvgIpc) is 2.73. The first kappa shape index (κ1) is 27.1. The number of fused-ring (bicyclic) bond motifs is 1. The van der Waals surface area contributed by atoms with Gasteiger partial charge >= 0.3 is 5.97 Å². The maximum atomic E-state index is 14.1. The molecule has 0 atom stereocenters. The normalized spacial score (nSPS) is 12.8. The van der Waals surface area contributed by atoms with E-state index in [4.69, 9.17) is 0 Å². The standard InChI is InChI=1S/C22H20F3N3O4.C4H10/c23-12-6-16(24)14(17(25)7-12)10-26-18-8-13-19(9-20(18)27-2-1-3-27)28(4-5-29)11-15(21(13)30)22(31)32;1-4(2)3/h6-9,11,26,29H,1-5,10H2,(H,31,32);4H,1-3H3. The van der Waals surface area contributed by atoms with Crippen molar-refractivity contribution in [3.8, 4) is 0 Å². The van der Waals surface area contributed by atoms with Gasteiger partial charge in [-0.25, -0.2) is 18.0 Å². The maximum Gasteiger partial charge on any atom is 0.341 e. The van der Waals surface area contributed by atoms with E-state index in [9.17, 15) is 33.0 Å². The molecule has 1 saturated heterocycles. The summed E-state index contributed by atoms with van der Waals surface area (Å²) in [6.45, 7) is 7.47. The van der Waals surface area contributed by atoms with Crippen LogP contribution in [-0.2, 0) is 13.1 Å². The number of carbonyl (C=O) groups is 1. The van der Waals surface area contributed by atoms with E-state index in [1.165, 1.54) is 16.8 Å². The molecule has 3 N–H and O–H groups in total. The number of carboxylic acids is 1. The van der Waals surface area contributed by atoms with Crippen molar-refractivity contribution in [3.63, 3.8) is 0 Å². The second kappa shape index (κ2) is 11.5. The van der Waals surface area contributed by atoms with Crippen molar-refractivity contribution < 1.29 is 28.2 Å². The Balaban J connectivity index is 0.000000840. The molecule has 10 heteroatoms. The second-order valence-corrected chi connectivity index (χ2v) is 9.25. The van der Waals surface area contributed by atoms with E-state index in [-0.39, 0.29) is 30.6 Å². The van der Waals surface area contributed by atoms with Gasteiger partial charge in [-0.15, -0.1) is 0 Å². The molecule has 0 bridgehead atoms. The van der Waals surface area contributed by atoms with E-state index in [1.807, 2.05) is 4.90 Å². The molecule has 1 fully saturated rings. The minimum atomic E-state index is -1.40. The summed E-state index contributed by atoms with van der Waals surface area (Å²) in [4.78, 5) is 26.3. The number of anilines is 2. The molecule has 0 aliphatic carbocycles. The quantitative estimate of drug-likeness (QED) is 0.435. The highest BCUT2D eigenvalue weighted by atomic mass is 19.1. The Labute approximate surface area is 206 Å². The van der Waals surface area contributed by atoms with Gasteiger partial charge in [0.25, 0.3) is 0 Å². The number of aliphatic hydroxyl groups excluding tert-OH is 1. The summed E-state index contributed by atoms with van der Waals surface area (Å²) in [5.74, 6) is -3.68. The number of pyridine rings is 1. The van der Waals surface area contributed by atoms with Crippen LogP contribution in [0, 0.1) is 23.4 Å². The average molecular weight is 506 g/mol. The van der Waals surface area contributed by atoms with Gasteiger partial charge in [0.05, 0.1) is 23.5 Å². The third kappa shape index (κ3) is 5.99. The van der Waals surface area contributed by atoms with Crippen molar-refractivity contribution in [1.29, 1.82) is 0 Å². The molecule has 0 radical (unpaired) electrons. The Kier molecular flexibility index (Phi) is 8.62. The summed E-state index contributed by atoms with van der Waals surface area (Å²) in [6, 6.07) is 4.31. The molecule has 194 valence electrons. The Morgan fingerprint density at radius 1 is 1.08 bits per heavy atom. The van der Waals surface area contributed by atoms with Crippen molar-refractivity contribution in [2.45, 2.75) is 40.3 Å². The van der Waals surface area contributed by atoms with Crippen LogP contribution < -0.4 is 15.6 Å². The number of aromatic carboxylic acids is 1. The molecule has 1 aliphatic rings. The number of aromatic nitrogens is 1. The third-order valence-electron chi connectivity index (χ3n) is 5.53. The lowest BCUT2D eigenvalue weighted by Gasteiger charge is -2.35. The fourth-order valence-electron chi connectivity index (χ4n) is 3.76. The first-order valence-corrected chi connectivity index (χ1v) is 11.7. The van der Waals surface area contributed by atoms with Crippen molar-refractivity contribution in [2.75, 3.05) is 29.9 Å². The summed E-state index contributed by atoms with van der Waals surface area (Å²) in [5, 5.41) is 21.8. The number of aliphatic hydroxyl groups is 1. The van der Waals surface area contributed by atoms with Gasteiger partial charge in [-0.05, 0) is 24.5 Å². The summed E-state index contributed by atoms with van der Waals surface area (Å²) in [6.07, 6.45) is 2.14. The van der Waals surface area contributed by atoms with E-state index in [0.29, 0.717) is 29.0 Å². The molecule has 1 aliphatic heterocycles. The summed E-state index contributed by atoms with van der Waals surface area (Å²) < 4.78 is 42.8. The van der Waals surface area contributed by atoms with E-state index in [0.717, 1.165) is 25.4 Å². The Morgan fingerprint density at radius 3 is 2.19 bits per heavy atom. The number of rotatable bonds is 7. The van der Waals surface area contributed by atoms with Gasteiger partial charge in [-0.2, -0.15) is 0 Å². The minimum Gasteiger partial charge on any atom is -0.477 e. The van der Waals surface area contributed by atoms with Crippen molar-refractivity contribution in [1.82, 2.24) is 4.57 Å². The van der Waals surface area contributed by atoms with E-state index in [1.54, 1.807) is 6.07 Å². The van der Waals surface area contributed by atoms with Crippen LogP contribution in [0.4, 0.5) is 24.5 Å². The molecule has 2 heterocycles. The van der Waals surface area contributed by atoms with Gasteiger partial charge < -0.3 is 25.0 Å². The number of carboxylic acid groups (broad SMARTS) is 1. The minimum absolute atomic E-state index is 0.0786. The van der Waals surface area contributed by atoms with Gasteiger partial charge in [-0.1, -0.05) is 20.8 Å². The van der Waals surface area contributed by atoms with E-state index >= 15 is 0 Å². The number of halogens is 3. The van der Waals surface area contributed by atoms with Crippen LogP contribution in [-0.4, -0.2) is 40.4 Å². The Morgan fingerprint density at radius 2 is 1.69 bits per heavy atom. The summed E-state index contributed by atoms with van der Waals surface area (Å²) in [5.41, 5.74) is -0.0432. The van der Waals surface area contributed by atoms with Gasteiger partial charge in [0.15, 0.2) is 0 Å². The monoisotopic (exact) mass is 505 g/mol. The van der Waals surface area contributed by atoms with Gasteiger partial charge in [0, 0.05) is 55.5 Å². The predicted octanol–water partition coefficient (Wildman–Crippen LogP) is 4.59. The number of hydrogen-bond acceptors (Lipinski definition) is 5. The molecule has 0 spiro atoms. The lowest BCUT2D eigenvalue weighted by atomic mass is 10.1. The molecule has 1 aromatic heterocycles. The smallest absolute Gasteiger partial charge is 0.341 e. The number of nitrogens with zero attached hydrogens (tertiary/aromatic N) is 2. The van der Waals surface area contributed by atoms with Crippen LogP contribution >= 0.6 is 0 Å². The van der Waals surface area contributed by atoms with Crippen LogP contribution in [0.5, 0.6) is 0 Å². The highest BCUT2D eigenvalue weighted by Crippen LogP contribution is 2.34. The van der Waals surface area contributed by atoms with Gasteiger partial charge in [0.1, 0.15) is 23.0 Å². The first-order chi connectivity index (χ1) is 17.0. The molecule has 0 unspecified atom stereocenters. The highest BCUT2D eigenvalue weighted by Gasteiger charge is 2.22. The lowest BCUT2D eigenvalue weighted by molar-refractivity contribution is 0.0694. The van der Waals surface area contributed by atoms with Crippen LogP contribution in [0.25, 0.3) is 10.9 Å². The fourth-order valence-corrected chi connectivity index (χ4v) is 3.76. The van der Waals surface area contributed by atoms with Crippen molar-refractivity contribution in [2.24, 2.45) is 5.92 Å². The molecular weight excluding hydrogens is 475 g/mol.